The van der Waals surface area contributed by atoms with Gasteiger partial charge in [-0.25, -0.2) is 4.79 Å². The van der Waals surface area contributed by atoms with Crippen molar-refractivity contribution in [3.05, 3.63) is 0 Å². The zero-order valence-electron chi connectivity index (χ0n) is 27.6. The van der Waals surface area contributed by atoms with E-state index >= 15 is 0 Å². The number of aliphatic hydroxyl groups is 15. The molecule has 53 heavy (non-hydrogen) atoms. The van der Waals surface area contributed by atoms with Crippen LogP contribution in [0.15, 0.2) is 0 Å². The van der Waals surface area contributed by atoms with E-state index in [1.165, 1.54) is 0 Å². The van der Waals surface area contributed by atoms with Gasteiger partial charge in [-0.15, -0.1) is 0 Å². The van der Waals surface area contributed by atoms with E-state index < -0.39 is 174 Å². The zero-order chi connectivity index (χ0) is 39.6. The highest BCUT2D eigenvalue weighted by Gasteiger charge is 2.60. The van der Waals surface area contributed by atoms with Crippen LogP contribution in [0.25, 0.3) is 0 Å². The molecule has 0 radical (unpaired) electrons. The van der Waals surface area contributed by atoms with E-state index in [0.29, 0.717) is 0 Å². The summed E-state index contributed by atoms with van der Waals surface area (Å²) >= 11 is 0. The Morgan fingerprint density at radius 1 is 0.547 bits per heavy atom. The number of rotatable bonds is 15. The molecule has 0 spiro atoms. The number of ether oxygens (including phenoxy) is 8. The van der Waals surface area contributed by atoms with Crippen LogP contribution >= 0.6 is 0 Å². The molecule has 4 rings (SSSR count). The average molecular weight is 783 g/mol. The first kappa shape index (κ1) is 43.8. The van der Waals surface area contributed by atoms with Crippen LogP contribution in [0.4, 0.5) is 0 Å². The van der Waals surface area contributed by atoms with Crippen LogP contribution in [-0.4, -0.2) is 244 Å². The first-order valence-corrected chi connectivity index (χ1v) is 16.2. The molecule has 0 aliphatic carbocycles. The molecule has 25 nitrogen and oxygen atoms in total. The molecule has 0 amide bonds. The van der Waals surface area contributed by atoms with E-state index in [0.717, 1.165) is 0 Å². The van der Waals surface area contributed by atoms with E-state index in [1.54, 1.807) is 0 Å². The SMILES string of the molecule is O=C(CC(O)C(=O)OC[C@H]1O[C@H](O[C@]2(CO)O[C@H](CO)[C@@H](O)[C@@H]2O)[C@H](O)[C@@H](O)[C@@H]1O)OC[C@H]1O[C@H](O[C@]2(CO)O[C@H](CO)[C@@H](O)[C@@H]2O)[C@H](O)[C@@H](O)[C@@H]1O. The highest BCUT2D eigenvalue weighted by atomic mass is 16.8. The molecular formula is C28H46O25. The summed E-state index contributed by atoms with van der Waals surface area (Å²) in [6.45, 7) is -5.80. The fraction of sp³-hybridized carbons (Fsp3) is 0.929. The van der Waals surface area contributed by atoms with Crippen LogP contribution in [-0.2, 0) is 47.5 Å². The number of carbonyl (C=O) groups excluding carboxylic acids is 2. The van der Waals surface area contributed by atoms with Gasteiger partial charge < -0.3 is 114 Å². The second-order valence-corrected chi connectivity index (χ2v) is 12.8. The van der Waals surface area contributed by atoms with Gasteiger partial charge in [-0.2, -0.15) is 0 Å². The third-order valence-corrected chi connectivity index (χ3v) is 9.21. The number of esters is 2. The normalized spacial score (nSPS) is 46.6. The van der Waals surface area contributed by atoms with Crippen molar-refractivity contribution in [3.8, 4) is 0 Å². The standard InChI is InChI=1S/C28H46O25/c29-2-9-16(37)22(43)27(6-31,50-9)52-25-20(41)18(39)14(35)11(48-25)4-46-13(34)1-8(33)24(45)47-5-12-15(36)19(40)21(42)26(49-12)53-28(7-32)23(44)17(38)10(3-30)51-28/h8-12,14-23,25-26,29-33,35-44H,1-7H2/t8?,9-,10-,11-,12-,14-,15-,16-,17-,18+,19+,20-,21-,22+,23+,25-,26-,27+,28+/m1/s1. The molecule has 4 aliphatic heterocycles. The lowest BCUT2D eigenvalue weighted by Crippen LogP contribution is -2.63. The number of carbonyl (C=O) groups is 2. The fourth-order valence-electron chi connectivity index (χ4n) is 5.97. The maximum Gasteiger partial charge on any atom is 0.335 e. The minimum Gasteiger partial charge on any atom is -0.463 e. The van der Waals surface area contributed by atoms with Gasteiger partial charge in [0, 0.05) is 0 Å². The first-order chi connectivity index (χ1) is 24.9. The molecule has 4 aliphatic rings. The molecular weight excluding hydrogens is 736 g/mol. The van der Waals surface area contributed by atoms with Crippen LogP contribution in [0.5, 0.6) is 0 Å². The third-order valence-electron chi connectivity index (χ3n) is 9.21. The molecule has 19 atom stereocenters. The highest BCUT2D eigenvalue weighted by Crippen LogP contribution is 2.37. The Kier molecular flexibility index (Phi) is 14.8. The third kappa shape index (κ3) is 8.90. The lowest BCUT2D eigenvalue weighted by molar-refractivity contribution is -0.383. The molecule has 25 heteroatoms. The fourth-order valence-corrected chi connectivity index (χ4v) is 5.97. The minimum atomic E-state index is -2.48. The van der Waals surface area contributed by atoms with Gasteiger partial charge in [0.25, 0.3) is 0 Å². The van der Waals surface area contributed by atoms with Gasteiger partial charge in [0.1, 0.15) is 112 Å². The summed E-state index contributed by atoms with van der Waals surface area (Å²) in [6, 6.07) is 0. The highest BCUT2D eigenvalue weighted by molar-refractivity contribution is 5.81. The summed E-state index contributed by atoms with van der Waals surface area (Å²) in [5, 5.41) is 151. The zero-order valence-corrected chi connectivity index (χ0v) is 27.6. The molecule has 0 aromatic rings. The van der Waals surface area contributed by atoms with Crippen molar-refractivity contribution < 1.29 is 124 Å². The van der Waals surface area contributed by atoms with Crippen molar-refractivity contribution in [2.75, 3.05) is 39.6 Å². The molecule has 0 bridgehead atoms. The second kappa shape index (κ2) is 17.9. The van der Waals surface area contributed by atoms with Gasteiger partial charge in [-0.1, -0.05) is 0 Å². The molecule has 15 N–H and O–H groups in total. The summed E-state index contributed by atoms with van der Waals surface area (Å²) in [7, 11) is 0. The van der Waals surface area contributed by atoms with Gasteiger partial charge in [0.2, 0.25) is 11.6 Å². The molecule has 0 aromatic carbocycles. The lowest BCUT2D eigenvalue weighted by atomic mass is 9.98. The molecule has 0 saturated carbocycles. The number of hydrogen-bond donors (Lipinski definition) is 15. The quantitative estimate of drug-likeness (QED) is 0.0686. The Hall–Kier alpha value is -1.90. The predicted molar refractivity (Wildman–Crippen MR) is 156 cm³/mol. The largest absolute Gasteiger partial charge is 0.463 e. The molecule has 0 aromatic heterocycles. The Balaban J connectivity index is 1.29. The smallest absolute Gasteiger partial charge is 0.335 e. The molecule has 308 valence electrons. The predicted octanol–water partition coefficient (Wildman–Crippen LogP) is -10.9. The maximum absolute atomic E-state index is 12.5. The van der Waals surface area contributed by atoms with Crippen LogP contribution in [0.2, 0.25) is 0 Å². The van der Waals surface area contributed by atoms with Crippen molar-refractivity contribution in [1.29, 1.82) is 0 Å². The Labute approximate surface area is 298 Å². The molecule has 4 fully saturated rings. The van der Waals surface area contributed by atoms with Crippen LogP contribution in [0.3, 0.4) is 0 Å². The summed E-state index contributed by atoms with van der Waals surface area (Å²) in [5.74, 6) is -7.77. The van der Waals surface area contributed by atoms with Gasteiger partial charge in [-0.05, 0) is 0 Å². The van der Waals surface area contributed by atoms with Gasteiger partial charge in [0.15, 0.2) is 18.7 Å². The van der Waals surface area contributed by atoms with Crippen molar-refractivity contribution in [2.24, 2.45) is 0 Å². The van der Waals surface area contributed by atoms with E-state index in [9.17, 15) is 86.2 Å². The Morgan fingerprint density at radius 2 is 0.943 bits per heavy atom. The lowest BCUT2D eigenvalue weighted by Gasteiger charge is -2.43. The molecule has 4 heterocycles. The minimum absolute atomic E-state index is 0.817. The van der Waals surface area contributed by atoms with E-state index in [-0.39, 0.29) is 0 Å². The van der Waals surface area contributed by atoms with E-state index in [4.69, 9.17) is 37.9 Å². The van der Waals surface area contributed by atoms with E-state index in [2.05, 4.69) is 0 Å². The van der Waals surface area contributed by atoms with Crippen LogP contribution < -0.4 is 0 Å². The second-order valence-electron chi connectivity index (χ2n) is 12.8. The number of hydrogen-bond acceptors (Lipinski definition) is 25. The summed E-state index contributed by atoms with van der Waals surface area (Å²) in [4.78, 5) is 24.9. The van der Waals surface area contributed by atoms with Crippen LogP contribution in [0.1, 0.15) is 6.42 Å². The van der Waals surface area contributed by atoms with Crippen LogP contribution in [0, 0.1) is 0 Å². The number of aliphatic hydroxyl groups excluding tert-OH is 15. The molecule has 4 saturated heterocycles. The Bertz CT molecular complexity index is 1210. The van der Waals surface area contributed by atoms with E-state index in [1.807, 2.05) is 0 Å². The van der Waals surface area contributed by atoms with Gasteiger partial charge >= 0.3 is 11.9 Å². The average Bonchev–Trinajstić information content (AvgIpc) is 3.54. The first-order valence-electron chi connectivity index (χ1n) is 16.2. The summed E-state index contributed by atoms with van der Waals surface area (Å²) in [5.41, 5.74) is 0. The maximum atomic E-state index is 12.5. The molecule has 1 unspecified atom stereocenters. The van der Waals surface area contributed by atoms with Gasteiger partial charge in [0.05, 0.1) is 19.6 Å². The summed E-state index contributed by atoms with van der Waals surface area (Å²) < 4.78 is 41.5. The van der Waals surface area contributed by atoms with Crippen molar-refractivity contribution >= 4 is 11.9 Å². The Morgan fingerprint density at radius 3 is 1.30 bits per heavy atom. The van der Waals surface area contributed by atoms with Crippen molar-refractivity contribution in [2.45, 2.75) is 122 Å². The van der Waals surface area contributed by atoms with Crippen molar-refractivity contribution in [3.63, 3.8) is 0 Å². The summed E-state index contributed by atoms with van der Waals surface area (Å²) in [6.07, 6.45) is -33.2. The van der Waals surface area contributed by atoms with Gasteiger partial charge in [-0.3, -0.25) is 4.79 Å². The topological polar surface area (TPSA) is 411 Å². The monoisotopic (exact) mass is 782 g/mol. The van der Waals surface area contributed by atoms with Crippen molar-refractivity contribution in [1.82, 2.24) is 0 Å².